The van der Waals surface area contributed by atoms with Gasteiger partial charge in [0.05, 0.1) is 28.4 Å². The van der Waals surface area contributed by atoms with Crippen LogP contribution in [0.3, 0.4) is 0 Å². The summed E-state index contributed by atoms with van der Waals surface area (Å²) < 4.78 is 69.5. The number of anilines is 2. The Balaban J connectivity index is 1.26. The molecule has 0 aromatic heterocycles. The number of Topliss-reactive ketones (excluding diaryl/α,β-unsaturated/α-hetero) is 1. The summed E-state index contributed by atoms with van der Waals surface area (Å²) >= 11 is 0. The number of nitrogens with zero attached hydrogens (tertiary/aromatic N) is 2. The summed E-state index contributed by atoms with van der Waals surface area (Å²) in [7, 11) is -9.97. The fourth-order valence-corrected chi connectivity index (χ4v) is 6.58. The summed E-state index contributed by atoms with van der Waals surface area (Å²) in [6, 6.07) is 22.9. The number of carbonyl (C=O) groups excluding carboxylic acids is 2. The van der Waals surface area contributed by atoms with Crippen molar-refractivity contribution in [2.45, 2.75) is 0 Å². The van der Waals surface area contributed by atoms with Gasteiger partial charge in [0.15, 0.2) is 11.6 Å². The summed E-state index contributed by atoms with van der Waals surface area (Å²) in [6.07, 6.45) is 10.5. The first kappa shape index (κ1) is 34.6. The van der Waals surface area contributed by atoms with E-state index in [1.807, 2.05) is 24.3 Å². The van der Waals surface area contributed by atoms with Gasteiger partial charge in [0.25, 0.3) is 20.2 Å². The van der Waals surface area contributed by atoms with Crippen LogP contribution in [0.15, 0.2) is 164 Å². The van der Waals surface area contributed by atoms with Crippen molar-refractivity contribution in [3.05, 3.63) is 159 Å². The summed E-state index contributed by atoms with van der Waals surface area (Å²) in [6.45, 7) is 0. The second kappa shape index (κ2) is 13.9. The fourth-order valence-electron chi connectivity index (χ4n) is 5.19. The largest absolute Gasteiger partial charge is 0.396 e. The van der Waals surface area contributed by atoms with E-state index in [0.717, 1.165) is 29.0 Å². The van der Waals surface area contributed by atoms with Gasteiger partial charge in [-0.25, -0.2) is 0 Å². The number of hydrazone groups is 2. The fraction of sp³-hybridized carbons (Fsp3) is 0. The molecule has 3 aromatic carbocycles. The molecule has 3 aliphatic carbocycles. The van der Waals surface area contributed by atoms with Gasteiger partial charge in [-0.3, -0.25) is 29.5 Å². The van der Waals surface area contributed by atoms with Gasteiger partial charge in [-0.05, 0) is 89.1 Å². The minimum Gasteiger partial charge on any atom is -0.396 e. The number of allylic oxidation sites excluding steroid dienone is 11. The lowest BCUT2D eigenvalue weighted by Gasteiger charge is -2.24. The number of nitrogens with one attached hydrogen (secondary N) is 2. The molecule has 3 aromatic rings. The van der Waals surface area contributed by atoms with Gasteiger partial charge >= 0.3 is 0 Å². The second-order valence-corrected chi connectivity index (χ2v) is 13.9. The lowest BCUT2D eigenvalue weighted by atomic mass is 9.85. The van der Waals surface area contributed by atoms with Crippen molar-refractivity contribution in [1.82, 2.24) is 0 Å². The Kier molecular flexibility index (Phi) is 9.45. The molecule has 0 fully saturated rings. The van der Waals surface area contributed by atoms with Crippen LogP contribution < -0.4 is 16.6 Å². The molecular weight excluding hydrogens is 695 g/mol. The van der Waals surface area contributed by atoms with Crippen molar-refractivity contribution in [2.24, 2.45) is 15.9 Å². The zero-order valence-corrected chi connectivity index (χ0v) is 27.9. The lowest BCUT2D eigenvalue weighted by Crippen LogP contribution is -2.31. The van der Waals surface area contributed by atoms with Crippen LogP contribution in [0.1, 0.15) is 5.56 Å². The Bertz CT molecular complexity index is 2450. The third kappa shape index (κ3) is 7.82. The zero-order valence-electron chi connectivity index (χ0n) is 26.3. The van der Waals surface area contributed by atoms with Crippen LogP contribution in [-0.2, 0) is 29.8 Å². The number of hydrogen-bond donors (Lipinski definition) is 5. The van der Waals surface area contributed by atoms with Crippen LogP contribution in [0.2, 0.25) is 0 Å². The van der Waals surface area contributed by atoms with E-state index in [1.54, 1.807) is 66.7 Å². The SMILES string of the molecule is NC1=C2C(=O)C(/C=C/c3ccccc3)=C(S(=O)(=O)O)C=C2C=C(S(=O)(=O)O)/C1=N\Nc1ccc(-c2ccc(NN=C3C=CC(=O)C=C3)cc2)cc1. The van der Waals surface area contributed by atoms with Crippen molar-refractivity contribution in [3.63, 3.8) is 0 Å². The molecule has 6 rings (SSSR count). The third-order valence-corrected chi connectivity index (χ3v) is 9.47. The van der Waals surface area contributed by atoms with Crippen molar-refractivity contribution in [1.29, 1.82) is 0 Å². The quantitative estimate of drug-likeness (QED) is 0.113. The number of ketones is 2. The Morgan fingerprint density at radius 2 is 1.24 bits per heavy atom. The van der Waals surface area contributed by atoms with Crippen LogP contribution >= 0.6 is 0 Å². The standard InChI is InChI=1S/C36H27N5O8S2/c37-34-33-25(20-31(50(44,45)46)30(36(33)43)19-6-22-4-2-1-3-5-22)21-32(51(47,48)49)35(34)41-40-27-13-9-24(10-14-27)23-7-11-26(12-8-23)38-39-28-15-17-29(42)18-16-28/h1-21,38,40H,37H2,(H,44,45,46)(H,47,48,49)/b19-6+,41-35+. The maximum absolute atomic E-state index is 13.7. The molecule has 51 heavy (non-hydrogen) atoms. The Morgan fingerprint density at radius 3 is 1.78 bits per heavy atom. The number of rotatable bonds is 9. The van der Waals surface area contributed by atoms with E-state index in [1.165, 1.54) is 24.3 Å². The molecule has 0 atom stereocenters. The molecule has 0 amide bonds. The minimum absolute atomic E-state index is 0.104. The molecule has 6 N–H and O–H groups in total. The van der Waals surface area contributed by atoms with Gasteiger partial charge in [0.1, 0.15) is 15.5 Å². The first-order chi connectivity index (χ1) is 24.3. The van der Waals surface area contributed by atoms with Gasteiger partial charge in [-0.2, -0.15) is 27.0 Å². The van der Waals surface area contributed by atoms with Crippen LogP contribution in [0.4, 0.5) is 11.4 Å². The minimum atomic E-state index is -5.00. The molecule has 0 unspecified atom stereocenters. The highest BCUT2D eigenvalue weighted by molar-refractivity contribution is 7.91. The number of fused-ring (bicyclic) bond motifs is 1. The summed E-state index contributed by atoms with van der Waals surface area (Å²) in [4.78, 5) is 23.4. The van der Waals surface area contributed by atoms with E-state index < -0.39 is 52.8 Å². The van der Waals surface area contributed by atoms with E-state index in [0.29, 0.717) is 17.0 Å². The molecule has 0 saturated carbocycles. The highest BCUT2D eigenvalue weighted by atomic mass is 32.2. The number of hydrogen-bond acceptors (Lipinski definition) is 11. The second-order valence-electron chi connectivity index (χ2n) is 11.1. The maximum atomic E-state index is 13.7. The van der Waals surface area contributed by atoms with Gasteiger partial charge in [-0.15, -0.1) is 0 Å². The van der Waals surface area contributed by atoms with E-state index in [4.69, 9.17) is 5.73 Å². The van der Waals surface area contributed by atoms with Crippen molar-refractivity contribution in [2.75, 3.05) is 10.9 Å². The summed E-state index contributed by atoms with van der Waals surface area (Å²) in [5.41, 5.74) is 14.1. The van der Waals surface area contributed by atoms with Crippen molar-refractivity contribution in [3.8, 4) is 11.1 Å². The summed E-state index contributed by atoms with van der Waals surface area (Å²) in [5.74, 6) is -1.02. The van der Waals surface area contributed by atoms with E-state index in [2.05, 4.69) is 21.1 Å². The van der Waals surface area contributed by atoms with Crippen LogP contribution in [0.5, 0.6) is 0 Å². The molecule has 15 heteroatoms. The third-order valence-electron chi connectivity index (χ3n) is 7.71. The van der Waals surface area contributed by atoms with Gasteiger partial charge in [-0.1, -0.05) is 60.7 Å². The molecule has 0 bridgehead atoms. The van der Waals surface area contributed by atoms with Crippen molar-refractivity contribution < 1.29 is 35.5 Å². The Morgan fingerprint density at radius 1 is 0.667 bits per heavy atom. The average Bonchev–Trinajstić information content (AvgIpc) is 3.10. The lowest BCUT2D eigenvalue weighted by molar-refractivity contribution is -0.112. The van der Waals surface area contributed by atoms with E-state index >= 15 is 0 Å². The molecule has 3 aliphatic rings. The van der Waals surface area contributed by atoms with Crippen LogP contribution in [-0.4, -0.2) is 48.9 Å². The van der Waals surface area contributed by atoms with E-state index in [-0.39, 0.29) is 16.9 Å². The van der Waals surface area contributed by atoms with Crippen molar-refractivity contribution >= 4 is 60.7 Å². The van der Waals surface area contributed by atoms with Gasteiger partial charge in [0, 0.05) is 5.57 Å². The normalized spacial score (nSPS) is 17.1. The monoisotopic (exact) mass is 721 g/mol. The molecule has 0 saturated heterocycles. The first-order valence-electron chi connectivity index (χ1n) is 15.0. The Labute approximate surface area is 292 Å². The topological polar surface area (TPSA) is 218 Å². The molecule has 0 spiro atoms. The summed E-state index contributed by atoms with van der Waals surface area (Å²) in [5, 5.41) is 8.36. The molecule has 13 nitrogen and oxygen atoms in total. The predicted octanol–water partition coefficient (Wildman–Crippen LogP) is 4.95. The number of carbonyl (C=O) groups is 2. The smallest absolute Gasteiger partial charge is 0.296 e. The average molecular weight is 722 g/mol. The molecule has 0 radical (unpaired) electrons. The van der Waals surface area contributed by atoms with E-state index in [9.17, 15) is 35.5 Å². The van der Waals surface area contributed by atoms with Gasteiger partial charge < -0.3 is 5.73 Å². The maximum Gasteiger partial charge on any atom is 0.296 e. The predicted molar refractivity (Wildman–Crippen MR) is 195 cm³/mol. The van der Waals surface area contributed by atoms with Crippen LogP contribution in [0.25, 0.3) is 17.2 Å². The molecule has 256 valence electrons. The first-order valence-corrected chi connectivity index (χ1v) is 17.9. The molecule has 0 aliphatic heterocycles. The zero-order chi connectivity index (χ0) is 36.3. The highest BCUT2D eigenvalue weighted by Gasteiger charge is 2.38. The Hall–Kier alpha value is -6.26. The van der Waals surface area contributed by atoms with Crippen LogP contribution in [0, 0.1) is 0 Å². The molecular formula is C36H27N5O8S2. The van der Waals surface area contributed by atoms with Gasteiger partial charge in [0.2, 0.25) is 0 Å². The highest BCUT2D eigenvalue weighted by Crippen LogP contribution is 2.37. The molecule has 0 heterocycles. The number of nitrogens with two attached hydrogens (primary N) is 1. The number of benzene rings is 3.